The summed E-state index contributed by atoms with van der Waals surface area (Å²) in [4.78, 5) is 0. The van der Waals surface area contributed by atoms with Crippen LogP contribution in [-0.4, -0.2) is 28.5 Å². The molecular formula is C7H7BrN2O2. The minimum absolute atomic E-state index is 0.304. The van der Waals surface area contributed by atoms with E-state index in [1.54, 1.807) is 12.3 Å². The summed E-state index contributed by atoms with van der Waals surface area (Å²) >= 11 is 3.25. The maximum atomic E-state index is 9.76. The highest BCUT2D eigenvalue weighted by molar-refractivity contribution is 9.10. The molecule has 1 aromatic heterocycles. The molecule has 0 amide bonds. The smallest absolute Gasteiger partial charge is 0.155 e. The van der Waals surface area contributed by atoms with Crippen LogP contribution in [0.5, 0.6) is 0 Å². The Bertz CT molecular complexity index is 301. The molecule has 5 heteroatoms. The predicted molar refractivity (Wildman–Crippen MR) is 44.4 cm³/mol. The molecule has 1 aliphatic heterocycles. The number of hydrogen-bond donors (Lipinski definition) is 1. The minimum Gasteiger partial charge on any atom is -0.379 e. The van der Waals surface area contributed by atoms with Crippen molar-refractivity contribution >= 4 is 15.9 Å². The Morgan fingerprint density at radius 1 is 1.58 bits per heavy atom. The van der Waals surface area contributed by atoms with Gasteiger partial charge in [-0.25, -0.2) is 0 Å². The van der Waals surface area contributed by atoms with Crippen LogP contribution in [-0.2, 0) is 10.3 Å². The molecule has 1 N–H and O–H groups in total. The van der Waals surface area contributed by atoms with Crippen molar-refractivity contribution in [3.63, 3.8) is 0 Å². The average molecular weight is 231 g/mol. The number of aromatic nitrogens is 2. The lowest BCUT2D eigenvalue weighted by Gasteiger charge is -2.35. The molecule has 1 saturated heterocycles. The van der Waals surface area contributed by atoms with Gasteiger partial charge in [-0.05, 0) is 22.0 Å². The van der Waals surface area contributed by atoms with Crippen LogP contribution >= 0.6 is 15.9 Å². The zero-order chi connectivity index (χ0) is 8.60. The summed E-state index contributed by atoms with van der Waals surface area (Å²) in [7, 11) is 0. The minimum atomic E-state index is -0.920. The predicted octanol–water partition coefficient (Wildman–Crippen LogP) is 0.457. The lowest BCUT2D eigenvalue weighted by molar-refractivity contribution is -0.187. The third kappa shape index (κ3) is 1.24. The first-order chi connectivity index (χ1) is 5.71. The lowest BCUT2D eigenvalue weighted by Crippen LogP contribution is -2.47. The second-order valence-electron chi connectivity index (χ2n) is 2.78. The van der Waals surface area contributed by atoms with Gasteiger partial charge >= 0.3 is 0 Å². The van der Waals surface area contributed by atoms with E-state index in [2.05, 4.69) is 26.1 Å². The number of aliphatic hydroxyl groups is 1. The van der Waals surface area contributed by atoms with Crippen molar-refractivity contribution in [2.24, 2.45) is 0 Å². The average Bonchev–Trinajstić information content (AvgIpc) is 2.00. The fourth-order valence-electron chi connectivity index (χ4n) is 1.01. The molecule has 1 aliphatic rings. The highest BCUT2D eigenvalue weighted by Crippen LogP contribution is 2.28. The molecule has 4 nitrogen and oxygen atoms in total. The summed E-state index contributed by atoms with van der Waals surface area (Å²) in [6, 6.07) is 1.75. The van der Waals surface area contributed by atoms with Crippen LogP contribution in [0.4, 0.5) is 0 Å². The molecule has 64 valence electrons. The van der Waals surface area contributed by atoms with Gasteiger partial charge < -0.3 is 9.84 Å². The topological polar surface area (TPSA) is 55.2 Å². The van der Waals surface area contributed by atoms with Crippen LogP contribution in [0.2, 0.25) is 0 Å². The van der Waals surface area contributed by atoms with Crippen LogP contribution in [0.15, 0.2) is 16.7 Å². The highest BCUT2D eigenvalue weighted by Gasteiger charge is 2.39. The van der Waals surface area contributed by atoms with Crippen molar-refractivity contribution < 1.29 is 9.84 Å². The molecule has 2 rings (SSSR count). The zero-order valence-electron chi connectivity index (χ0n) is 6.20. The van der Waals surface area contributed by atoms with E-state index in [0.717, 1.165) is 4.47 Å². The molecular weight excluding hydrogens is 224 g/mol. The summed E-state index contributed by atoms with van der Waals surface area (Å²) in [5.74, 6) is 0. The van der Waals surface area contributed by atoms with E-state index < -0.39 is 5.60 Å². The van der Waals surface area contributed by atoms with Crippen molar-refractivity contribution in [2.75, 3.05) is 13.2 Å². The first-order valence-corrected chi connectivity index (χ1v) is 4.29. The van der Waals surface area contributed by atoms with Gasteiger partial charge in [0, 0.05) is 4.47 Å². The molecule has 0 radical (unpaired) electrons. The monoisotopic (exact) mass is 230 g/mol. The molecule has 0 unspecified atom stereocenters. The zero-order valence-corrected chi connectivity index (χ0v) is 7.78. The van der Waals surface area contributed by atoms with Gasteiger partial charge in [0.2, 0.25) is 0 Å². The van der Waals surface area contributed by atoms with Crippen LogP contribution in [0.1, 0.15) is 5.69 Å². The van der Waals surface area contributed by atoms with Crippen LogP contribution in [0, 0.1) is 0 Å². The highest BCUT2D eigenvalue weighted by atomic mass is 79.9. The number of hydrogen-bond acceptors (Lipinski definition) is 4. The maximum Gasteiger partial charge on any atom is 0.155 e. The van der Waals surface area contributed by atoms with Gasteiger partial charge in [0.25, 0.3) is 0 Å². The van der Waals surface area contributed by atoms with E-state index in [1.165, 1.54) is 0 Å². The maximum absolute atomic E-state index is 9.76. The SMILES string of the molecule is OC1(c2cc(Br)cnn2)COC1. The fourth-order valence-corrected chi connectivity index (χ4v) is 1.32. The summed E-state index contributed by atoms with van der Waals surface area (Å²) in [6.07, 6.45) is 1.58. The Morgan fingerprint density at radius 3 is 2.83 bits per heavy atom. The summed E-state index contributed by atoms with van der Waals surface area (Å²) in [5.41, 5.74) is -0.361. The van der Waals surface area contributed by atoms with Gasteiger partial charge in [-0.15, -0.1) is 0 Å². The molecule has 0 bridgehead atoms. The van der Waals surface area contributed by atoms with Gasteiger partial charge in [-0.3, -0.25) is 0 Å². The van der Waals surface area contributed by atoms with Gasteiger partial charge in [-0.1, -0.05) is 0 Å². The second-order valence-corrected chi connectivity index (χ2v) is 3.70. The van der Waals surface area contributed by atoms with Crippen molar-refractivity contribution in [1.82, 2.24) is 10.2 Å². The molecule has 0 atom stereocenters. The van der Waals surface area contributed by atoms with Crippen molar-refractivity contribution in [3.05, 3.63) is 22.4 Å². The van der Waals surface area contributed by atoms with E-state index in [-0.39, 0.29) is 0 Å². The van der Waals surface area contributed by atoms with Crippen LogP contribution in [0.3, 0.4) is 0 Å². The van der Waals surface area contributed by atoms with Crippen molar-refractivity contribution in [3.8, 4) is 0 Å². The molecule has 0 aliphatic carbocycles. The van der Waals surface area contributed by atoms with E-state index in [0.29, 0.717) is 18.9 Å². The Labute approximate surface area is 77.7 Å². The van der Waals surface area contributed by atoms with Crippen molar-refractivity contribution in [2.45, 2.75) is 5.60 Å². The number of halogens is 1. The molecule has 2 heterocycles. The Morgan fingerprint density at radius 2 is 2.33 bits per heavy atom. The lowest BCUT2D eigenvalue weighted by atomic mass is 9.98. The number of ether oxygens (including phenoxy) is 1. The van der Waals surface area contributed by atoms with Gasteiger partial charge in [0.05, 0.1) is 19.4 Å². The van der Waals surface area contributed by atoms with E-state index >= 15 is 0 Å². The molecule has 1 aromatic rings. The standard InChI is InChI=1S/C7H7BrN2O2/c8-5-1-6(10-9-2-5)7(11)3-12-4-7/h1-2,11H,3-4H2. The first kappa shape index (κ1) is 8.10. The summed E-state index contributed by atoms with van der Waals surface area (Å²) in [5, 5.41) is 17.3. The molecule has 0 saturated carbocycles. The largest absolute Gasteiger partial charge is 0.379 e. The van der Waals surface area contributed by atoms with E-state index in [9.17, 15) is 5.11 Å². The van der Waals surface area contributed by atoms with Crippen LogP contribution < -0.4 is 0 Å². The summed E-state index contributed by atoms with van der Waals surface area (Å²) < 4.78 is 5.71. The van der Waals surface area contributed by atoms with Gasteiger partial charge in [-0.2, -0.15) is 10.2 Å². The Balaban J connectivity index is 2.33. The fraction of sp³-hybridized carbons (Fsp3) is 0.429. The quantitative estimate of drug-likeness (QED) is 0.762. The third-order valence-corrected chi connectivity index (χ3v) is 2.21. The Kier molecular flexibility index (Phi) is 1.86. The number of rotatable bonds is 1. The normalized spacial score (nSPS) is 20.2. The van der Waals surface area contributed by atoms with Gasteiger partial charge in [0.15, 0.2) is 5.60 Å². The molecule has 1 fully saturated rings. The van der Waals surface area contributed by atoms with Gasteiger partial charge in [0.1, 0.15) is 5.69 Å². The summed E-state index contributed by atoms with van der Waals surface area (Å²) in [6.45, 7) is 0.607. The van der Waals surface area contributed by atoms with E-state index in [1.807, 2.05) is 0 Å². The molecule has 0 spiro atoms. The van der Waals surface area contributed by atoms with Crippen LogP contribution in [0.25, 0.3) is 0 Å². The molecule has 0 aromatic carbocycles. The second kappa shape index (κ2) is 2.76. The third-order valence-electron chi connectivity index (χ3n) is 1.78. The molecule has 12 heavy (non-hydrogen) atoms. The first-order valence-electron chi connectivity index (χ1n) is 3.49. The number of nitrogens with zero attached hydrogens (tertiary/aromatic N) is 2. The van der Waals surface area contributed by atoms with Crippen molar-refractivity contribution in [1.29, 1.82) is 0 Å². The Hall–Kier alpha value is -0.520. The van der Waals surface area contributed by atoms with E-state index in [4.69, 9.17) is 4.74 Å².